The molecule has 9 nitrogen and oxygen atoms in total. The van der Waals surface area contributed by atoms with Crippen LogP contribution in [0.25, 0.3) is 0 Å². The van der Waals surface area contributed by atoms with Crippen LogP contribution in [0.4, 0.5) is 11.9 Å². The van der Waals surface area contributed by atoms with Gasteiger partial charge in [0.05, 0.1) is 0 Å². The van der Waals surface area contributed by atoms with E-state index >= 15 is 0 Å². The first kappa shape index (κ1) is 12.5. The number of rotatable bonds is 0. The SMILES string of the molecule is Cc1nc(N)nc(N)n1.O=C(O)C(=O)O. The molecule has 82 valence electrons. The number of aromatic nitrogens is 3. The van der Waals surface area contributed by atoms with Crippen LogP contribution in [-0.4, -0.2) is 37.1 Å². The van der Waals surface area contributed by atoms with E-state index < -0.39 is 11.9 Å². The molecule has 1 heterocycles. The maximum Gasteiger partial charge on any atom is 0.414 e. The summed E-state index contributed by atoms with van der Waals surface area (Å²) in [6.07, 6.45) is 0. The van der Waals surface area contributed by atoms with E-state index in [9.17, 15) is 0 Å². The number of aryl methyl sites for hydroxylation is 1. The van der Waals surface area contributed by atoms with Gasteiger partial charge >= 0.3 is 11.9 Å². The summed E-state index contributed by atoms with van der Waals surface area (Å²) in [5.41, 5.74) is 10.4. The number of anilines is 2. The Balaban J connectivity index is 0.000000288. The molecule has 0 aliphatic rings. The van der Waals surface area contributed by atoms with Crippen molar-refractivity contribution in [3.05, 3.63) is 5.82 Å². The molecule has 0 aromatic carbocycles. The van der Waals surface area contributed by atoms with E-state index in [2.05, 4.69) is 15.0 Å². The number of nitrogen functional groups attached to an aromatic ring is 2. The minimum absolute atomic E-state index is 0.167. The lowest BCUT2D eigenvalue weighted by atomic mass is 10.7. The highest BCUT2D eigenvalue weighted by Gasteiger charge is 2.04. The van der Waals surface area contributed by atoms with Crippen molar-refractivity contribution in [2.24, 2.45) is 0 Å². The number of carboxylic acid groups (broad SMARTS) is 2. The normalized spacial score (nSPS) is 8.60. The molecule has 0 aliphatic carbocycles. The van der Waals surface area contributed by atoms with E-state index in [0.717, 1.165) is 0 Å². The highest BCUT2D eigenvalue weighted by atomic mass is 16.4. The smallest absolute Gasteiger partial charge is 0.414 e. The van der Waals surface area contributed by atoms with Crippen molar-refractivity contribution in [1.29, 1.82) is 0 Å². The standard InChI is InChI=1S/C4H7N5.C2H2O4/c1-2-7-3(5)9-4(6)8-2;3-1(4)2(5)6/h1H3,(H4,5,6,7,8,9);(H,3,4)(H,5,6). The van der Waals surface area contributed by atoms with Crippen molar-refractivity contribution in [3.63, 3.8) is 0 Å². The van der Waals surface area contributed by atoms with E-state index in [4.69, 9.17) is 31.3 Å². The summed E-state index contributed by atoms with van der Waals surface area (Å²) in [4.78, 5) is 29.2. The third kappa shape index (κ3) is 5.74. The minimum Gasteiger partial charge on any atom is -0.473 e. The molecule has 1 aromatic rings. The molecule has 0 aliphatic heterocycles. The van der Waals surface area contributed by atoms with Crippen molar-refractivity contribution in [3.8, 4) is 0 Å². The molecular weight excluding hydrogens is 206 g/mol. The third-order valence-corrected chi connectivity index (χ3v) is 0.965. The van der Waals surface area contributed by atoms with Crippen LogP contribution in [0.15, 0.2) is 0 Å². The fourth-order valence-electron chi connectivity index (χ4n) is 0.524. The zero-order chi connectivity index (χ0) is 12.0. The molecule has 0 bridgehead atoms. The fourth-order valence-corrected chi connectivity index (χ4v) is 0.524. The third-order valence-electron chi connectivity index (χ3n) is 0.965. The second kappa shape index (κ2) is 5.32. The summed E-state index contributed by atoms with van der Waals surface area (Å²) >= 11 is 0. The van der Waals surface area contributed by atoms with Gasteiger partial charge in [0.15, 0.2) is 0 Å². The topological polar surface area (TPSA) is 165 Å². The Bertz CT molecular complexity index is 317. The summed E-state index contributed by atoms with van der Waals surface area (Å²) in [7, 11) is 0. The molecule has 0 spiro atoms. The predicted octanol–water partition coefficient (Wildman–Crippen LogP) is -1.50. The predicted molar refractivity (Wildman–Crippen MR) is 48.7 cm³/mol. The summed E-state index contributed by atoms with van der Waals surface area (Å²) in [6.45, 7) is 1.70. The zero-order valence-electron chi connectivity index (χ0n) is 7.71. The molecule has 0 saturated carbocycles. The quantitative estimate of drug-likeness (QED) is 0.376. The van der Waals surface area contributed by atoms with Gasteiger partial charge in [0.1, 0.15) is 5.82 Å². The Morgan fingerprint density at radius 3 is 1.53 bits per heavy atom. The van der Waals surface area contributed by atoms with Crippen LogP contribution in [0, 0.1) is 6.92 Å². The van der Waals surface area contributed by atoms with Crippen LogP contribution >= 0.6 is 0 Å². The maximum absolute atomic E-state index is 9.10. The summed E-state index contributed by atoms with van der Waals surface area (Å²) < 4.78 is 0. The van der Waals surface area contributed by atoms with Crippen molar-refractivity contribution in [2.45, 2.75) is 6.92 Å². The van der Waals surface area contributed by atoms with Gasteiger partial charge < -0.3 is 21.7 Å². The molecule has 0 saturated heterocycles. The lowest BCUT2D eigenvalue weighted by molar-refractivity contribution is -0.159. The first-order valence-electron chi connectivity index (χ1n) is 3.52. The molecule has 0 fully saturated rings. The number of hydrogen-bond donors (Lipinski definition) is 4. The minimum atomic E-state index is -1.82. The van der Waals surface area contributed by atoms with E-state index in [1.165, 1.54) is 0 Å². The molecule has 0 atom stereocenters. The van der Waals surface area contributed by atoms with Gasteiger partial charge in [-0.2, -0.15) is 15.0 Å². The highest BCUT2D eigenvalue weighted by Crippen LogP contribution is 1.94. The lowest BCUT2D eigenvalue weighted by Gasteiger charge is -1.93. The van der Waals surface area contributed by atoms with E-state index in [0.29, 0.717) is 5.82 Å². The average Bonchev–Trinajstić information content (AvgIpc) is 2.01. The maximum atomic E-state index is 9.10. The van der Waals surface area contributed by atoms with Crippen molar-refractivity contribution < 1.29 is 19.8 Å². The van der Waals surface area contributed by atoms with Crippen LogP contribution in [0.3, 0.4) is 0 Å². The average molecular weight is 215 g/mol. The fraction of sp³-hybridized carbons (Fsp3) is 0.167. The van der Waals surface area contributed by atoms with Crippen LogP contribution in [0.1, 0.15) is 5.82 Å². The van der Waals surface area contributed by atoms with E-state index in [1.54, 1.807) is 6.92 Å². The van der Waals surface area contributed by atoms with Crippen LogP contribution in [0.5, 0.6) is 0 Å². The van der Waals surface area contributed by atoms with Gasteiger partial charge in [0, 0.05) is 0 Å². The Kier molecular flexibility index (Phi) is 4.45. The number of carboxylic acids is 2. The largest absolute Gasteiger partial charge is 0.473 e. The first-order valence-corrected chi connectivity index (χ1v) is 3.52. The first-order chi connectivity index (χ1) is 6.82. The van der Waals surface area contributed by atoms with Gasteiger partial charge in [-0.1, -0.05) is 0 Å². The van der Waals surface area contributed by atoms with Crippen molar-refractivity contribution in [1.82, 2.24) is 15.0 Å². The Hall–Kier alpha value is -2.45. The molecular formula is C6H9N5O4. The number of nitrogens with two attached hydrogens (primary N) is 2. The molecule has 1 aromatic heterocycles. The van der Waals surface area contributed by atoms with Crippen LogP contribution in [-0.2, 0) is 9.59 Å². The van der Waals surface area contributed by atoms with Crippen molar-refractivity contribution in [2.75, 3.05) is 11.5 Å². The van der Waals surface area contributed by atoms with Gasteiger partial charge in [-0.05, 0) is 6.92 Å². The summed E-state index contributed by atoms with van der Waals surface area (Å²) in [5.74, 6) is -2.77. The number of nitrogens with zero attached hydrogens (tertiary/aromatic N) is 3. The van der Waals surface area contributed by atoms with Gasteiger partial charge in [-0.15, -0.1) is 0 Å². The van der Waals surface area contributed by atoms with Crippen molar-refractivity contribution >= 4 is 23.8 Å². The number of aliphatic carboxylic acids is 2. The molecule has 1 rings (SSSR count). The lowest BCUT2D eigenvalue weighted by Crippen LogP contribution is -2.09. The van der Waals surface area contributed by atoms with Gasteiger partial charge in [-0.25, -0.2) is 9.59 Å². The van der Waals surface area contributed by atoms with Gasteiger partial charge in [-0.3, -0.25) is 0 Å². The zero-order valence-corrected chi connectivity index (χ0v) is 7.71. The molecule has 9 heteroatoms. The van der Waals surface area contributed by atoms with Crippen LogP contribution < -0.4 is 11.5 Å². The molecule has 0 unspecified atom stereocenters. The van der Waals surface area contributed by atoms with E-state index in [-0.39, 0.29) is 11.9 Å². The Morgan fingerprint density at radius 2 is 1.33 bits per heavy atom. The summed E-state index contributed by atoms with van der Waals surface area (Å²) in [6, 6.07) is 0. The number of hydrogen-bond acceptors (Lipinski definition) is 7. The second-order valence-corrected chi connectivity index (χ2v) is 2.21. The second-order valence-electron chi connectivity index (χ2n) is 2.21. The van der Waals surface area contributed by atoms with E-state index in [1.807, 2.05) is 0 Å². The Labute approximate surface area is 83.8 Å². The van der Waals surface area contributed by atoms with Gasteiger partial charge in [0.25, 0.3) is 0 Å². The molecule has 0 amide bonds. The number of carbonyl (C=O) groups is 2. The summed E-state index contributed by atoms with van der Waals surface area (Å²) in [5, 5.41) is 14.8. The monoisotopic (exact) mass is 215 g/mol. The molecule has 15 heavy (non-hydrogen) atoms. The van der Waals surface area contributed by atoms with Crippen LogP contribution in [0.2, 0.25) is 0 Å². The molecule has 6 N–H and O–H groups in total. The Morgan fingerprint density at radius 1 is 1.00 bits per heavy atom. The van der Waals surface area contributed by atoms with Gasteiger partial charge in [0.2, 0.25) is 11.9 Å². The highest BCUT2D eigenvalue weighted by molar-refractivity contribution is 6.27. The molecule has 0 radical (unpaired) electrons.